The quantitative estimate of drug-likeness (QED) is 0.659. The Hall–Kier alpha value is -2.40. The van der Waals surface area contributed by atoms with Gasteiger partial charge in [-0.25, -0.2) is 0 Å². The SMILES string of the molecule is CCCN(C(=O)CN(C)Cc1cnn(Cc2ccccc2)c1)C1=CCCCC1. The number of rotatable bonds is 9. The van der Waals surface area contributed by atoms with Crippen molar-refractivity contribution in [3.05, 3.63) is 65.6 Å². The van der Waals surface area contributed by atoms with Crippen LogP contribution in [0.2, 0.25) is 0 Å². The van der Waals surface area contributed by atoms with Crippen molar-refractivity contribution in [2.45, 2.75) is 52.1 Å². The maximum Gasteiger partial charge on any atom is 0.240 e. The molecule has 1 heterocycles. The Balaban J connectivity index is 1.54. The van der Waals surface area contributed by atoms with E-state index in [9.17, 15) is 4.79 Å². The largest absolute Gasteiger partial charge is 0.315 e. The summed E-state index contributed by atoms with van der Waals surface area (Å²) >= 11 is 0. The van der Waals surface area contributed by atoms with E-state index < -0.39 is 0 Å². The molecule has 0 radical (unpaired) electrons. The molecule has 150 valence electrons. The van der Waals surface area contributed by atoms with Gasteiger partial charge in [0.05, 0.1) is 19.3 Å². The van der Waals surface area contributed by atoms with E-state index in [-0.39, 0.29) is 5.91 Å². The lowest BCUT2D eigenvalue weighted by molar-refractivity contribution is -0.130. The highest BCUT2D eigenvalue weighted by molar-refractivity contribution is 5.80. The molecule has 1 aromatic carbocycles. The average molecular weight is 381 g/mol. The molecule has 1 amide bonds. The van der Waals surface area contributed by atoms with Gasteiger partial charge in [0, 0.05) is 30.5 Å². The van der Waals surface area contributed by atoms with Gasteiger partial charge in [0.25, 0.3) is 0 Å². The van der Waals surface area contributed by atoms with Crippen LogP contribution in [0.15, 0.2) is 54.5 Å². The van der Waals surface area contributed by atoms with E-state index >= 15 is 0 Å². The fourth-order valence-corrected chi connectivity index (χ4v) is 3.75. The number of carbonyl (C=O) groups excluding carboxylic acids is 1. The molecule has 0 N–H and O–H groups in total. The topological polar surface area (TPSA) is 41.4 Å². The lowest BCUT2D eigenvalue weighted by Crippen LogP contribution is -2.39. The molecule has 5 heteroatoms. The van der Waals surface area contributed by atoms with E-state index in [0.717, 1.165) is 44.5 Å². The highest BCUT2D eigenvalue weighted by Crippen LogP contribution is 2.21. The van der Waals surface area contributed by atoms with Gasteiger partial charge < -0.3 is 4.90 Å². The van der Waals surface area contributed by atoms with Crippen LogP contribution >= 0.6 is 0 Å². The lowest BCUT2D eigenvalue weighted by Gasteiger charge is -2.29. The van der Waals surface area contributed by atoms with Crippen LogP contribution in [-0.2, 0) is 17.9 Å². The summed E-state index contributed by atoms with van der Waals surface area (Å²) in [4.78, 5) is 17.0. The zero-order valence-electron chi connectivity index (χ0n) is 17.2. The number of allylic oxidation sites excluding steroid dienone is 2. The first-order valence-electron chi connectivity index (χ1n) is 10.4. The molecule has 0 saturated carbocycles. The molecular formula is C23H32N4O. The zero-order chi connectivity index (χ0) is 19.8. The molecule has 0 unspecified atom stereocenters. The van der Waals surface area contributed by atoms with E-state index in [2.05, 4.69) is 41.3 Å². The van der Waals surface area contributed by atoms with Gasteiger partial charge >= 0.3 is 0 Å². The summed E-state index contributed by atoms with van der Waals surface area (Å²) in [5.74, 6) is 0.203. The number of aromatic nitrogens is 2. The van der Waals surface area contributed by atoms with Crippen LogP contribution in [0, 0.1) is 0 Å². The molecule has 0 bridgehead atoms. The van der Waals surface area contributed by atoms with Gasteiger partial charge in [-0.3, -0.25) is 14.4 Å². The molecule has 1 aliphatic rings. The number of carbonyl (C=O) groups is 1. The van der Waals surface area contributed by atoms with Crippen molar-refractivity contribution in [3.63, 3.8) is 0 Å². The fourth-order valence-electron chi connectivity index (χ4n) is 3.75. The predicted molar refractivity (Wildman–Crippen MR) is 113 cm³/mol. The van der Waals surface area contributed by atoms with Gasteiger partial charge in [0.1, 0.15) is 0 Å². The van der Waals surface area contributed by atoms with E-state index in [1.165, 1.54) is 24.1 Å². The molecule has 3 rings (SSSR count). The van der Waals surface area contributed by atoms with Crippen molar-refractivity contribution in [2.24, 2.45) is 0 Å². The van der Waals surface area contributed by atoms with Gasteiger partial charge in [-0.1, -0.05) is 43.3 Å². The van der Waals surface area contributed by atoms with Crippen LogP contribution in [0.5, 0.6) is 0 Å². The Morgan fingerprint density at radius 2 is 2.00 bits per heavy atom. The number of likely N-dealkylation sites (N-methyl/N-ethyl adjacent to an activating group) is 1. The minimum absolute atomic E-state index is 0.203. The summed E-state index contributed by atoms with van der Waals surface area (Å²) in [5.41, 5.74) is 3.59. The number of amides is 1. The highest BCUT2D eigenvalue weighted by atomic mass is 16.2. The van der Waals surface area contributed by atoms with Crippen molar-refractivity contribution in [1.29, 1.82) is 0 Å². The van der Waals surface area contributed by atoms with Gasteiger partial charge in [0.15, 0.2) is 0 Å². The third kappa shape index (κ3) is 5.80. The van der Waals surface area contributed by atoms with E-state index in [4.69, 9.17) is 0 Å². The first kappa shape index (κ1) is 20.3. The second-order valence-corrected chi connectivity index (χ2v) is 7.69. The summed E-state index contributed by atoms with van der Waals surface area (Å²) in [7, 11) is 2.01. The van der Waals surface area contributed by atoms with Crippen LogP contribution in [0.1, 0.15) is 50.2 Å². The number of nitrogens with zero attached hydrogens (tertiary/aromatic N) is 4. The highest BCUT2D eigenvalue weighted by Gasteiger charge is 2.20. The van der Waals surface area contributed by atoms with Crippen molar-refractivity contribution in [3.8, 4) is 0 Å². The van der Waals surface area contributed by atoms with Gasteiger partial charge in [-0.05, 0) is 44.7 Å². The van der Waals surface area contributed by atoms with Gasteiger partial charge in [0.2, 0.25) is 5.91 Å². The van der Waals surface area contributed by atoms with Crippen molar-refractivity contribution in [2.75, 3.05) is 20.1 Å². The Morgan fingerprint density at radius 3 is 2.71 bits per heavy atom. The van der Waals surface area contributed by atoms with Crippen molar-refractivity contribution >= 4 is 5.91 Å². The molecule has 1 aromatic heterocycles. The maximum absolute atomic E-state index is 12.9. The molecule has 0 atom stereocenters. The summed E-state index contributed by atoms with van der Waals surface area (Å²) in [6, 6.07) is 10.3. The summed E-state index contributed by atoms with van der Waals surface area (Å²) < 4.78 is 1.95. The molecule has 0 aliphatic heterocycles. The fraction of sp³-hybridized carbons (Fsp3) is 0.478. The summed E-state index contributed by atoms with van der Waals surface area (Å²) in [5, 5.41) is 4.47. The van der Waals surface area contributed by atoms with Crippen LogP contribution in [0.4, 0.5) is 0 Å². The van der Waals surface area contributed by atoms with Gasteiger partial charge in [-0.15, -0.1) is 0 Å². The molecule has 0 spiro atoms. The second-order valence-electron chi connectivity index (χ2n) is 7.69. The van der Waals surface area contributed by atoms with E-state index in [0.29, 0.717) is 6.54 Å². The standard InChI is InChI=1S/C23H32N4O/c1-3-14-27(22-12-8-5-9-13-22)23(28)19-25(2)16-21-15-24-26(18-21)17-20-10-6-4-7-11-20/h4,6-7,10-12,15,18H,3,5,8-9,13-14,16-17,19H2,1-2H3. The third-order valence-corrected chi connectivity index (χ3v) is 5.09. The molecule has 0 fully saturated rings. The molecular weight excluding hydrogens is 348 g/mol. The average Bonchev–Trinajstić information content (AvgIpc) is 3.14. The van der Waals surface area contributed by atoms with E-state index in [1.807, 2.05) is 41.0 Å². The zero-order valence-corrected chi connectivity index (χ0v) is 17.2. The minimum Gasteiger partial charge on any atom is -0.315 e. The van der Waals surface area contributed by atoms with Crippen LogP contribution in [-0.4, -0.2) is 45.6 Å². The molecule has 1 aliphatic carbocycles. The Labute approximate surface area is 168 Å². The van der Waals surface area contributed by atoms with E-state index in [1.54, 1.807) is 0 Å². The third-order valence-electron chi connectivity index (χ3n) is 5.09. The first-order chi connectivity index (χ1) is 13.7. The predicted octanol–water partition coefficient (Wildman–Crippen LogP) is 4.06. The lowest BCUT2D eigenvalue weighted by atomic mass is 10.0. The van der Waals surface area contributed by atoms with Crippen LogP contribution < -0.4 is 0 Å². The molecule has 2 aromatic rings. The summed E-state index contributed by atoms with van der Waals surface area (Å²) in [6.45, 7) is 4.87. The Bertz CT molecular complexity index is 781. The summed E-state index contributed by atoms with van der Waals surface area (Å²) in [6.07, 6.45) is 11.8. The Morgan fingerprint density at radius 1 is 1.18 bits per heavy atom. The first-order valence-corrected chi connectivity index (χ1v) is 10.4. The maximum atomic E-state index is 12.9. The normalized spacial score (nSPS) is 14.2. The Kier molecular flexibility index (Phi) is 7.43. The number of hydrogen-bond acceptors (Lipinski definition) is 3. The van der Waals surface area contributed by atoms with Crippen molar-refractivity contribution < 1.29 is 4.79 Å². The van der Waals surface area contributed by atoms with Crippen molar-refractivity contribution in [1.82, 2.24) is 19.6 Å². The number of benzene rings is 1. The number of hydrogen-bond donors (Lipinski definition) is 0. The molecule has 28 heavy (non-hydrogen) atoms. The molecule has 0 saturated heterocycles. The smallest absolute Gasteiger partial charge is 0.240 e. The molecule has 5 nitrogen and oxygen atoms in total. The van der Waals surface area contributed by atoms with Crippen LogP contribution in [0.3, 0.4) is 0 Å². The van der Waals surface area contributed by atoms with Crippen LogP contribution in [0.25, 0.3) is 0 Å². The monoisotopic (exact) mass is 380 g/mol. The second kappa shape index (κ2) is 10.2. The minimum atomic E-state index is 0.203. The van der Waals surface area contributed by atoms with Gasteiger partial charge in [-0.2, -0.15) is 5.10 Å².